The van der Waals surface area contributed by atoms with Crippen molar-refractivity contribution in [2.24, 2.45) is 4.99 Å². The van der Waals surface area contributed by atoms with Crippen LogP contribution in [0, 0.1) is 12.7 Å². The number of nitrogens with zero attached hydrogens (tertiary/aromatic N) is 2. The number of guanidine groups is 1. The number of benzene rings is 1. The van der Waals surface area contributed by atoms with Gasteiger partial charge in [-0.05, 0) is 38.0 Å². The molecule has 130 valence electrons. The van der Waals surface area contributed by atoms with Gasteiger partial charge < -0.3 is 10.6 Å². The van der Waals surface area contributed by atoms with Gasteiger partial charge in [0.05, 0.1) is 5.01 Å². The van der Waals surface area contributed by atoms with Crippen molar-refractivity contribution in [3.63, 3.8) is 0 Å². The molecule has 2 N–H and O–H groups in total. The Labute approximate surface area is 151 Å². The zero-order chi connectivity index (χ0) is 17.4. The van der Waals surface area contributed by atoms with Gasteiger partial charge in [-0.2, -0.15) is 0 Å². The Morgan fingerprint density at radius 1 is 1.33 bits per heavy atom. The average Bonchev–Trinajstić information content (AvgIpc) is 2.95. The number of aliphatic imine (C=N–C) groups is 1. The first-order chi connectivity index (χ1) is 11.6. The lowest BCUT2D eigenvalue weighted by Crippen LogP contribution is -2.38. The summed E-state index contributed by atoms with van der Waals surface area (Å²) in [6.45, 7) is 6.22. The van der Waals surface area contributed by atoms with E-state index in [1.807, 2.05) is 13.1 Å². The normalized spacial score (nSPS) is 11.6. The Hall–Kier alpha value is -1.66. The van der Waals surface area contributed by atoms with E-state index in [-0.39, 0.29) is 5.82 Å². The Balaban J connectivity index is 1.82. The molecule has 0 saturated heterocycles. The quantitative estimate of drug-likeness (QED) is 0.580. The SMILES string of the molecule is CCNC(=NCCc1ncc(C)s1)NCCc1ccc(F)cc1Cl. The van der Waals surface area contributed by atoms with Crippen molar-refractivity contribution in [2.45, 2.75) is 26.7 Å². The van der Waals surface area contributed by atoms with Gasteiger partial charge in [-0.25, -0.2) is 9.37 Å². The molecule has 0 aliphatic rings. The van der Waals surface area contributed by atoms with E-state index >= 15 is 0 Å². The van der Waals surface area contributed by atoms with Crippen molar-refractivity contribution in [3.05, 3.63) is 50.7 Å². The first kappa shape index (κ1) is 18.7. The maximum absolute atomic E-state index is 13.0. The van der Waals surface area contributed by atoms with Gasteiger partial charge >= 0.3 is 0 Å². The summed E-state index contributed by atoms with van der Waals surface area (Å²) >= 11 is 7.74. The molecule has 0 fully saturated rings. The molecule has 2 rings (SSSR count). The largest absolute Gasteiger partial charge is 0.357 e. The minimum atomic E-state index is -0.316. The predicted octanol–water partition coefficient (Wildman–Crippen LogP) is 3.58. The summed E-state index contributed by atoms with van der Waals surface area (Å²) in [4.78, 5) is 10.1. The molecule has 0 radical (unpaired) electrons. The summed E-state index contributed by atoms with van der Waals surface area (Å²) in [6, 6.07) is 4.48. The Kier molecular flexibility index (Phi) is 7.46. The fourth-order valence-electron chi connectivity index (χ4n) is 2.16. The zero-order valence-electron chi connectivity index (χ0n) is 13.9. The second-order valence-electron chi connectivity index (χ2n) is 5.29. The number of hydrogen-bond acceptors (Lipinski definition) is 3. The van der Waals surface area contributed by atoms with Crippen LogP contribution in [0.15, 0.2) is 29.4 Å². The summed E-state index contributed by atoms with van der Waals surface area (Å²) < 4.78 is 13.0. The monoisotopic (exact) mass is 368 g/mol. The molecule has 0 saturated carbocycles. The highest BCUT2D eigenvalue weighted by molar-refractivity contribution is 7.11. The number of thiazole rings is 1. The maximum atomic E-state index is 13.0. The summed E-state index contributed by atoms with van der Waals surface area (Å²) in [6.07, 6.45) is 3.42. The van der Waals surface area contributed by atoms with Gasteiger partial charge in [-0.3, -0.25) is 4.99 Å². The summed E-state index contributed by atoms with van der Waals surface area (Å²) in [7, 11) is 0. The first-order valence-electron chi connectivity index (χ1n) is 7.96. The van der Waals surface area contributed by atoms with Gasteiger partial charge in [-0.1, -0.05) is 17.7 Å². The molecular weight excluding hydrogens is 347 g/mol. The average molecular weight is 369 g/mol. The minimum Gasteiger partial charge on any atom is -0.357 e. The highest BCUT2D eigenvalue weighted by atomic mass is 35.5. The van der Waals surface area contributed by atoms with Crippen molar-refractivity contribution in [1.82, 2.24) is 15.6 Å². The van der Waals surface area contributed by atoms with Gasteiger partial charge in [0.1, 0.15) is 5.82 Å². The van der Waals surface area contributed by atoms with Crippen LogP contribution in [0.4, 0.5) is 4.39 Å². The third kappa shape index (κ3) is 6.09. The number of rotatable bonds is 7. The third-order valence-electron chi connectivity index (χ3n) is 3.31. The van der Waals surface area contributed by atoms with Crippen molar-refractivity contribution in [2.75, 3.05) is 19.6 Å². The van der Waals surface area contributed by atoms with E-state index < -0.39 is 0 Å². The molecule has 24 heavy (non-hydrogen) atoms. The molecular formula is C17H22ClFN4S. The van der Waals surface area contributed by atoms with Crippen molar-refractivity contribution in [3.8, 4) is 0 Å². The zero-order valence-corrected chi connectivity index (χ0v) is 15.5. The topological polar surface area (TPSA) is 49.3 Å². The van der Waals surface area contributed by atoms with Crippen LogP contribution in [-0.4, -0.2) is 30.6 Å². The van der Waals surface area contributed by atoms with Gasteiger partial charge in [0.25, 0.3) is 0 Å². The maximum Gasteiger partial charge on any atom is 0.191 e. The van der Waals surface area contributed by atoms with Crippen LogP contribution in [0.1, 0.15) is 22.4 Å². The van der Waals surface area contributed by atoms with Gasteiger partial charge in [-0.15, -0.1) is 11.3 Å². The standard InChI is InChI=1S/C17H22ClFN4S/c1-3-20-17(22-9-7-16-23-11-12(2)24-16)21-8-6-13-4-5-14(19)10-15(13)18/h4-5,10-11H,3,6-9H2,1-2H3,(H2,20,21,22). The second-order valence-corrected chi connectivity index (χ2v) is 7.01. The molecule has 0 atom stereocenters. The minimum absolute atomic E-state index is 0.316. The van der Waals surface area contributed by atoms with Crippen molar-refractivity contribution >= 4 is 28.9 Å². The molecule has 1 heterocycles. The Morgan fingerprint density at radius 2 is 2.17 bits per heavy atom. The van der Waals surface area contributed by atoms with Crippen LogP contribution in [-0.2, 0) is 12.8 Å². The molecule has 0 aliphatic carbocycles. The van der Waals surface area contributed by atoms with Crippen molar-refractivity contribution in [1.29, 1.82) is 0 Å². The van der Waals surface area contributed by atoms with Crippen LogP contribution < -0.4 is 10.6 Å². The summed E-state index contributed by atoms with van der Waals surface area (Å²) in [5, 5.41) is 8.04. The second kappa shape index (κ2) is 9.59. The van der Waals surface area contributed by atoms with E-state index in [2.05, 4.69) is 27.5 Å². The number of nitrogens with one attached hydrogen (secondary N) is 2. The predicted molar refractivity (Wildman–Crippen MR) is 99.7 cm³/mol. The van der Waals surface area contributed by atoms with E-state index in [0.717, 1.165) is 29.5 Å². The summed E-state index contributed by atoms with van der Waals surface area (Å²) in [5.74, 6) is 0.452. The van der Waals surface area contributed by atoms with Gasteiger partial charge in [0.2, 0.25) is 0 Å². The highest BCUT2D eigenvalue weighted by Gasteiger charge is 2.03. The smallest absolute Gasteiger partial charge is 0.191 e. The number of hydrogen-bond donors (Lipinski definition) is 2. The third-order valence-corrected chi connectivity index (χ3v) is 4.64. The van der Waals surface area contributed by atoms with E-state index in [1.54, 1.807) is 17.4 Å². The first-order valence-corrected chi connectivity index (χ1v) is 9.15. The molecule has 0 bridgehead atoms. The van der Waals surface area contributed by atoms with E-state index in [9.17, 15) is 4.39 Å². The van der Waals surface area contributed by atoms with Gasteiger partial charge in [0.15, 0.2) is 5.96 Å². The lowest BCUT2D eigenvalue weighted by molar-refractivity contribution is 0.627. The van der Waals surface area contributed by atoms with E-state index in [1.165, 1.54) is 17.0 Å². The van der Waals surface area contributed by atoms with Gasteiger partial charge in [0, 0.05) is 42.2 Å². The van der Waals surface area contributed by atoms with Crippen LogP contribution in [0.2, 0.25) is 5.02 Å². The van der Waals surface area contributed by atoms with Crippen LogP contribution >= 0.6 is 22.9 Å². The fourth-order valence-corrected chi connectivity index (χ4v) is 3.20. The lowest BCUT2D eigenvalue weighted by atomic mass is 10.1. The molecule has 0 spiro atoms. The Morgan fingerprint density at radius 3 is 2.83 bits per heavy atom. The van der Waals surface area contributed by atoms with E-state index in [4.69, 9.17) is 11.6 Å². The number of aromatic nitrogens is 1. The molecule has 0 unspecified atom stereocenters. The molecule has 0 aliphatic heterocycles. The number of halogens is 2. The van der Waals surface area contributed by atoms with Crippen LogP contribution in [0.3, 0.4) is 0 Å². The molecule has 0 amide bonds. The molecule has 2 aromatic rings. The molecule has 1 aromatic carbocycles. The van der Waals surface area contributed by atoms with Crippen molar-refractivity contribution < 1.29 is 4.39 Å². The van der Waals surface area contributed by atoms with Crippen LogP contribution in [0.25, 0.3) is 0 Å². The number of aryl methyl sites for hydroxylation is 1. The van der Waals surface area contributed by atoms with Crippen LogP contribution in [0.5, 0.6) is 0 Å². The highest BCUT2D eigenvalue weighted by Crippen LogP contribution is 2.17. The molecule has 1 aromatic heterocycles. The Bertz CT molecular complexity index is 687. The molecule has 4 nitrogen and oxygen atoms in total. The fraction of sp³-hybridized carbons (Fsp3) is 0.412. The summed E-state index contributed by atoms with van der Waals surface area (Å²) in [5.41, 5.74) is 0.916. The lowest BCUT2D eigenvalue weighted by Gasteiger charge is -2.11. The van der Waals surface area contributed by atoms with E-state index in [0.29, 0.717) is 24.5 Å². The molecule has 7 heteroatoms.